The van der Waals surface area contributed by atoms with Crippen LogP contribution in [0.4, 0.5) is 8.78 Å². The third-order valence-corrected chi connectivity index (χ3v) is 3.58. The maximum atomic E-state index is 12.1. The molecule has 0 radical (unpaired) electrons. The van der Waals surface area contributed by atoms with Gasteiger partial charge in [-0.1, -0.05) is 41.4 Å². The van der Waals surface area contributed by atoms with Gasteiger partial charge in [0.25, 0.3) is 0 Å². The first kappa shape index (κ1) is 16.0. The Bertz CT molecular complexity index is 605. The number of ether oxygens (including phenoxy) is 1. The van der Waals surface area contributed by atoms with Gasteiger partial charge in [-0.3, -0.25) is 0 Å². The molecule has 0 bridgehead atoms. The van der Waals surface area contributed by atoms with E-state index in [0.29, 0.717) is 16.5 Å². The number of nitrogens with two attached hydrogens (primary N) is 1. The molecule has 21 heavy (non-hydrogen) atoms. The zero-order valence-corrected chi connectivity index (χ0v) is 12.4. The number of hydrogen-bond donors (Lipinski definition) is 1. The normalized spacial score (nSPS) is 12.5. The van der Waals surface area contributed by atoms with Gasteiger partial charge in [0, 0.05) is 16.1 Å². The summed E-state index contributed by atoms with van der Waals surface area (Å²) in [7, 11) is 0. The van der Waals surface area contributed by atoms with Crippen LogP contribution >= 0.6 is 23.2 Å². The standard InChI is InChI=1S/C15H13Cl2F2NO/c16-11-4-1-10(13(17)8-11)7-14(20)9-2-5-12(6-3-9)21-15(18)19/h1-6,8,14-15H,7,20H2. The minimum atomic E-state index is -2.84. The Hall–Kier alpha value is -1.36. The van der Waals surface area contributed by atoms with Gasteiger partial charge < -0.3 is 10.5 Å². The highest BCUT2D eigenvalue weighted by Gasteiger charge is 2.11. The first-order valence-electron chi connectivity index (χ1n) is 6.20. The maximum Gasteiger partial charge on any atom is 0.387 e. The zero-order valence-electron chi connectivity index (χ0n) is 10.9. The summed E-state index contributed by atoms with van der Waals surface area (Å²) in [6.07, 6.45) is 0.519. The first-order chi connectivity index (χ1) is 9.95. The Morgan fingerprint density at radius 3 is 2.29 bits per heavy atom. The first-order valence-corrected chi connectivity index (χ1v) is 6.95. The Kier molecular flexibility index (Phi) is 5.39. The molecule has 0 saturated carbocycles. The van der Waals surface area contributed by atoms with E-state index in [9.17, 15) is 8.78 Å². The van der Waals surface area contributed by atoms with Crippen molar-refractivity contribution in [2.75, 3.05) is 0 Å². The highest BCUT2D eigenvalue weighted by molar-refractivity contribution is 6.35. The molecule has 0 amide bonds. The molecular weight excluding hydrogens is 319 g/mol. The summed E-state index contributed by atoms with van der Waals surface area (Å²) in [6, 6.07) is 11.2. The number of benzene rings is 2. The summed E-state index contributed by atoms with van der Waals surface area (Å²) >= 11 is 11.9. The van der Waals surface area contributed by atoms with Crippen molar-refractivity contribution in [3.05, 3.63) is 63.6 Å². The van der Waals surface area contributed by atoms with E-state index in [1.165, 1.54) is 12.1 Å². The summed E-state index contributed by atoms with van der Waals surface area (Å²) in [4.78, 5) is 0. The fraction of sp³-hybridized carbons (Fsp3) is 0.200. The SMILES string of the molecule is NC(Cc1ccc(Cl)cc1Cl)c1ccc(OC(F)F)cc1. The fourth-order valence-electron chi connectivity index (χ4n) is 1.94. The minimum absolute atomic E-state index is 0.102. The van der Waals surface area contributed by atoms with E-state index < -0.39 is 6.61 Å². The van der Waals surface area contributed by atoms with E-state index in [0.717, 1.165) is 11.1 Å². The molecular formula is C15H13Cl2F2NO. The predicted molar refractivity (Wildman–Crippen MR) is 80.2 cm³/mol. The van der Waals surface area contributed by atoms with Gasteiger partial charge in [0.15, 0.2) is 0 Å². The van der Waals surface area contributed by atoms with Crippen molar-refractivity contribution in [2.24, 2.45) is 5.73 Å². The lowest BCUT2D eigenvalue weighted by Gasteiger charge is -2.14. The van der Waals surface area contributed by atoms with Crippen molar-refractivity contribution in [1.82, 2.24) is 0 Å². The molecule has 1 atom stereocenters. The van der Waals surface area contributed by atoms with Gasteiger partial charge >= 0.3 is 6.61 Å². The molecule has 0 aliphatic carbocycles. The third-order valence-electron chi connectivity index (χ3n) is 2.99. The van der Waals surface area contributed by atoms with Crippen LogP contribution in [0.5, 0.6) is 5.75 Å². The predicted octanol–water partition coefficient (Wildman–Crippen LogP) is 4.84. The Labute approximate surface area is 131 Å². The van der Waals surface area contributed by atoms with Crippen molar-refractivity contribution in [1.29, 1.82) is 0 Å². The summed E-state index contributed by atoms with van der Waals surface area (Å²) in [5.74, 6) is 0.102. The average molecular weight is 332 g/mol. The van der Waals surface area contributed by atoms with Gasteiger partial charge in [-0.05, 0) is 41.8 Å². The largest absolute Gasteiger partial charge is 0.435 e. The van der Waals surface area contributed by atoms with Crippen LogP contribution in [0.1, 0.15) is 17.2 Å². The molecule has 2 nitrogen and oxygen atoms in total. The lowest BCUT2D eigenvalue weighted by atomic mass is 9.99. The van der Waals surface area contributed by atoms with E-state index in [-0.39, 0.29) is 11.8 Å². The molecule has 0 fully saturated rings. The average Bonchev–Trinajstić information content (AvgIpc) is 2.42. The minimum Gasteiger partial charge on any atom is -0.435 e. The molecule has 112 valence electrons. The van der Waals surface area contributed by atoms with Gasteiger partial charge in [-0.2, -0.15) is 8.78 Å². The van der Waals surface area contributed by atoms with E-state index in [1.54, 1.807) is 24.3 Å². The quantitative estimate of drug-likeness (QED) is 0.850. The van der Waals surface area contributed by atoms with Crippen molar-refractivity contribution >= 4 is 23.2 Å². The van der Waals surface area contributed by atoms with Gasteiger partial charge in [0.05, 0.1) is 0 Å². The van der Waals surface area contributed by atoms with Crippen LogP contribution in [0.3, 0.4) is 0 Å². The number of rotatable bonds is 5. The lowest BCUT2D eigenvalue weighted by molar-refractivity contribution is -0.0498. The summed E-state index contributed by atoms with van der Waals surface area (Å²) < 4.78 is 28.4. The van der Waals surface area contributed by atoms with Crippen LogP contribution in [0, 0.1) is 0 Å². The summed E-state index contributed by atoms with van der Waals surface area (Å²) in [5, 5.41) is 1.11. The lowest BCUT2D eigenvalue weighted by Crippen LogP contribution is -2.13. The zero-order chi connectivity index (χ0) is 15.4. The van der Waals surface area contributed by atoms with E-state index >= 15 is 0 Å². The molecule has 0 saturated heterocycles. The van der Waals surface area contributed by atoms with E-state index in [1.807, 2.05) is 6.07 Å². The van der Waals surface area contributed by atoms with E-state index in [2.05, 4.69) is 4.74 Å². The van der Waals surface area contributed by atoms with Crippen LogP contribution in [0.25, 0.3) is 0 Å². The number of alkyl halides is 2. The summed E-state index contributed by atoms with van der Waals surface area (Å²) in [6.45, 7) is -2.84. The summed E-state index contributed by atoms with van der Waals surface area (Å²) in [5.41, 5.74) is 7.79. The molecule has 2 rings (SSSR count). The second kappa shape index (κ2) is 7.07. The third kappa shape index (κ3) is 4.56. The molecule has 0 aliphatic rings. The van der Waals surface area contributed by atoms with E-state index in [4.69, 9.17) is 28.9 Å². The highest BCUT2D eigenvalue weighted by atomic mass is 35.5. The monoisotopic (exact) mass is 331 g/mol. The Balaban J connectivity index is 2.07. The second-order valence-electron chi connectivity index (χ2n) is 4.49. The van der Waals surface area contributed by atoms with Crippen molar-refractivity contribution in [2.45, 2.75) is 19.1 Å². The van der Waals surface area contributed by atoms with Gasteiger partial charge in [0.2, 0.25) is 0 Å². The van der Waals surface area contributed by atoms with Crippen LogP contribution in [0.15, 0.2) is 42.5 Å². The van der Waals surface area contributed by atoms with Gasteiger partial charge in [-0.25, -0.2) is 0 Å². The fourth-order valence-corrected chi connectivity index (χ4v) is 2.42. The molecule has 2 aromatic carbocycles. The molecule has 0 spiro atoms. The molecule has 6 heteroatoms. The molecule has 2 N–H and O–H groups in total. The molecule has 0 heterocycles. The molecule has 1 unspecified atom stereocenters. The maximum absolute atomic E-state index is 12.1. The van der Waals surface area contributed by atoms with Gasteiger partial charge in [0.1, 0.15) is 5.75 Å². The van der Waals surface area contributed by atoms with Crippen LogP contribution in [-0.4, -0.2) is 6.61 Å². The Morgan fingerprint density at radius 1 is 1.05 bits per heavy atom. The Morgan fingerprint density at radius 2 is 1.71 bits per heavy atom. The smallest absolute Gasteiger partial charge is 0.387 e. The van der Waals surface area contributed by atoms with Crippen molar-refractivity contribution in [3.63, 3.8) is 0 Å². The van der Waals surface area contributed by atoms with Crippen molar-refractivity contribution in [3.8, 4) is 5.75 Å². The number of halogens is 4. The van der Waals surface area contributed by atoms with Crippen LogP contribution in [0.2, 0.25) is 10.0 Å². The topological polar surface area (TPSA) is 35.2 Å². The number of hydrogen-bond acceptors (Lipinski definition) is 2. The molecule has 2 aromatic rings. The highest BCUT2D eigenvalue weighted by Crippen LogP contribution is 2.26. The molecule has 0 aliphatic heterocycles. The second-order valence-corrected chi connectivity index (χ2v) is 5.34. The van der Waals surface area contributed by atoms with Crippen LogP contribution in [-0.2, 0) is 6.42 Å². The van der Waals surface area contributed by atoms with Crippen molar-refractivity contribution < 1.29 is 13.5 Å². The molecule has 0 aromatic heterocycles. The van der Waals surface area contributed by atoms with Crippen LogP contribution < -0.4 is 10.5 Å². The van der Waals surface area contributed by atoms with Gasteiger partial charge in [-0.15, -0.1) is 0 Å².